The molecule has 202 valence electrons. The first kappa shape index (κ1) is 26.6. The second-order valence-corrected chi connectivity index (χ2v) is 9.33. The molecule has 1 amide bonds. The number of nitrogens with one attached hydrogen (secondary N) is 2. The molecule has 0 bridgehead atoms. The van der Waals surface area contributed by atoms with Gasteiger partial charge in [-0.3, -0.25) is 14.6 Å². The number of pyridine rings is 3. The molecule has 10 heteroatoms. The molecule has 0 atom stereocenters. The van der Waals surface area contributed by atoms with E-state index in [1.165, 1.54) is 16.7 Å². The van der Waals surface area contributed by atoms with Crippen LogP contribution in [0, 0.1) is 6.92 Å². The summed E-state index contributed by atoms with van der Waals surface area (Å²) in [5.41, 5.74) is 2.51. The molecule has 7 nitrogen and oxygen atoms in total. The summed E-state index contributed by atoms with van der Waals surface area (Å²) in [7, 11) is 1.67. The summed E-state index contributed by atoms with van der Waals surface area (Å²) in [5.74, 6) is -0.0857. The van der Waals surface area contributed by atoms with E-state index in [1.807, 2.05) is 19.1 Å². The summed E-state index contributed by atoms with van der Waals surface area (Å²) in [6.45, 7) is 2.36. The summed E-state index contributed by atoms with van der Waals surface area (Å²) < 4.78 is 40.8. The highest BCUT2D eigenvalue weighted by molar-refractivity contribution is 6.04. The van der Waals surface area contributed by atoms with Crippen molar-refractivity contribution in [2.24, 2.45) is 7.05 Å². The normalized spacial score (nSPS) is 11.4. The number of aryl methyl sites for hydroxylation is 2. The molecule has 40 heavy (non-hydrogen) atoms. The molecule has 0 radical (unpaired) electrons. The van der Waals surface area contributed by atoms with Gasteiger partial charge >= 0.3 is 6.18 Å². The van der Waals surface area contributed by atoms with Gasteiger partial charge in [0.2, 0.25) is 0 Å². The third-order valence-electron chi connectivity index (χ3n) is 6.54. The van der Waals surface area contributed by atoms with Crippen molar-refractivity contribution >= 4 is 28.3 Å². The molecule has 3 aromatic heterocycles. The third-order valence-corrected chi connectivity index (χ3v) is 6.54. The molecule has 0 aliphatic carbocycles. The number of amides is 1. The molecule has 5 rings (SSSR count). The monoisotopic (exact) mass is 543 g/mol. The SMILES string of the molecule is Cc1ccc(NC(=O)c2cccc(C(F)(F)F)c2)cc1-c1cc2cnc(NCc3cccnc3)cc2n(C)c1=O. The Bertz CT molecular complexity index is 1780. The number of nitrogens with zero attached hydrogens (tertiary/aromatic N) is 3. The van der Waals surface area contributed by atoms with E-state index in [2.05, 4.69) is 20.6 Å². The molecule has 0 aliphatic heterocycles. The van der Waals surface area contributed by atoms with Crippen molar-refractivity contribution in [3.05, 3.63) is 118 Å². The molecule has 5 aromatic rings. The quantitative estimate of drug-likeness (QED) is 0.267. The summed E-state index contributed by atoms with van der Waals surface area (Å²) in [4.78, 5) is 34.7. The lowest BCUT2D eigenvalue weighted by Gasteiger charge is -2.14. The smallest absolute Gasteiger partial charge is 0.366 e. The van der Waals surface area contributed by atoms with Crippen LogP contribution in [-0.2, 0) is 19.8 Å². The number of halogens is 3. The van der Waals surface area contributed by atoms with Gasteiger partial charge in [-0.05, 0) is 66.1 Å². The number of aromatic nitrogens is 3. The number of carbonyl (C=O) groups excluding carboxylic acids is 1. The summed E-state index contributed by atoms with van der Waals surface area (Å²) in [6, 6.07) is 16.6. The van der Waals surface area contributed by atoms with Gasteiger partial charge in [-0.2, -0.15) is 13.2 Å². The number of alkyl halides is 3. The van der Waals surface area contributed by atoms with Crippen molar-refractivity contribution in [3.8, 4) is 11.1 Å². The van der Waals surface area contributed by atoms with Gasteiger partial charge in [0, 0.05) is 60.4 Å². The maximum atomic E-state index is 13.4. The molecule has 0 unspecified atom stereocenters. The number of benzene rings is 2. The first-order chi connectivity index (χ1) is 19.1. The minimum Gasteiger partial charge on any atom is -0.366 e. The van der Waals surface area contributed by atoms with Crippen LogP contribution in [0.3, 0.4) is 0 Å². The second-order valence-electron chi connectivity index (χ2n) is 9.33. The Balaban J connectivity index is 1.44. The summed E-state index contributed by atoms with van der Waals surface area (Å²) in [6.07, 6.45) is 0.578. The Kier molecular flexibility index (Phi) is 7.08. The van der Waals surface area contributed by atoms with Gasteiger partial charge < -0.3 is 15.2 Å². The van der Waals surface area contributed by atoms with Crippen LogP contribution in [0.25, 0.3) is 22.0 Å². The fourth-order valence-corrected chi connectivity index (χ4v) is 4.38. The van der Waals surface area contributed by atoms with Crippen molar-refractivity contribution in [1.82, 2.24) is 14.5 Å². The van der Waals surface area contributed by atoms with Crippen LogP contribution >= 0.6 is 0 Å². The lowest BCUT2D eigenvalue weighted by atomic mass is 9.99. The molecule has 0 saturated carbocycles. The largest absolute Gasteiger partial charge is 0.416 e. The van der Waals surface area contributed by atoms with Crippen LogP contribution in [0.1, 0.15) is 27.0 Å². The lowest BCUT2D eigenvalue weighted by molar-refractivity contribution is -0.137. The maximum absolute atomic E-state index is 13.4. The van der Waals surface area contributed by atoms with Gasteiger partial charge in [-0.25, -0.2) is 4.98 Å². The highest BCUT2D eigenvalue weighted by Crippen LogP contribution is 2.30. The molecule has 3 heterocycles. The van der Waals surface area contributed by atoms with E-state index in [0.717, 1.165) is 28.6 Å². The zero-order chi connectivity index (χ0) is 28.4. The van der Waals surface area contributed by atoms with Gasteiger partial charge in [-0.15, -0.1) is 0 Å². The zero-order valence-electron chi connectivity index (χ0n) is 21.6. The van der Waals surface area contributed by atoms with Crippen molar-refractivity contribution in [1.29, 1.82) is 0 Å². The Morgan fingerprint density at radius 3 is 2.55 bits per heavy atom. The fourth-order valence-electron chi connectivity index (χ4n) is 4.38. The van der Waals surface area contributed by atoms with Crippen LogP contribution in [0.15, 0.2) is 90.1 Å². The fraction of sp³-hybridized carbons (Fsp3) is 0.133. The highest BCUT2D eigenvalue weighted by Gasteiger charge is 2.31. The van der Waals surface area contributed by atoms with Crippen LogP contribution in [0.2, 0.25) is 0 Å². The van der Waals surface area contributed by atoms with Crippen LogP contribution in [-0.4, -0.2) is 20.4 Å². The Morgan fingerprint density at radius 2 is 1.80 bits per heavy atom. The summed E-state index contributed by atoms with van der Waals surface area (Å²) >= 11 is 0. The van der Waals surface area contributed by atoms with E-state index in [1.54, 1.807) is 56.0 Å². The van der Waals surface area contributed by atoms with Gasteiger partial charge in [0.15, 0.2) is 0 Å². The lowest BCUT2D eigenvalue weighted by Crippen LogP contribution is -2.20. The molecule has 0 spiro atoms. The first-order valence-electron chi connectivity index (χ1n) is 12.3. The summed E-state index contributed by atoms with van der Waals surface area (Å²) in [5, 5.41) is 6.61. The zero-order valence-corrected chi connectivity index (χ0v) is 21.6. The molecule has 0 saturated heterocycles. The van der Waals surface area contributed by atoms with Gasteiger partial charge in [0.1, 0.15) is 5.82 Å². The van der Waals surface area contributed by atoms with Gasteiger partial charge in [-0.1, -0.05) is 18.2 Å². The molecular formula is C30H24F3N5O2. The average molecular weight is 544 g/mol. The van der Waals surface area contributed by atoms with Crippen LogP contribution in [0.5, 0.6) is 0 Å². The standard InChI is InChI=1S/C30H24F3N5O2/c1-18-8-9-23(37-28(39)20-6-3-7-22(11-20)30(31,32)33)13-24(18)25-12-21-17-36-27(14-26(21)38(2)29(25)40)35-16-19-5-4-10-34-15-19/h3-15,17H,16H2,1-2H3,(H,35,36)(H,37,39). The molecular weight excluding hydrogens is 519 g/mol. The van der Waals surface area contributed by atoms with E-state index in [9.17, 15) is 22.8 Å². The average Bonchev–Trinajstić information content (AvgIpc) is 2.95. The number of fused-ring (bicyclic) bond motifs is 1. The van der Waals surface area contributed by atoms with E-state index < -0.39 is 17.6 Å². The molecule has 2 aromatic carbocycles. The molecule has 0 fully saturated rings. The third kappa shape index (κ3) is 5.56. The number of hydrogen-bond donors (Lipinski definition) is 2. The first-order valence-corrected chi connectivity index (χ1v) is 12.3. The Labute approximate surface area is 227 Å². The number of anilines is 2. The van der Waals surface area contributed by atoms with Crippen molar-refractivity contribution in [2.45, 2.75) is 19.6 Å². The van der Waals surface area contributed by atoms with Crippen molar-refractivity contribution in [2.75, 3.05) is 10.6 Å². The molecule has 2 N–H and O–H groups in total. The van der Waals surface area contributed by atoms with Crippen molar-refractivity contribution in [3.63, 3.8) is 0 Å². The predicted octanol–water partition coefficient (Wildman–Crippen LogP) is 6.19. The molecule has 0 aliphatic rings. The van der Waals surface area contributed by atoms with E-state index >= 15 is 0 Å². The van der Waals surface area contributed by atoms with Gasteiger partial charge in [0.25, 0.3) is 11.5 Å². The van der Waals surface area contributed by atoms with E-state index in [0.29, 0.717) is 34.7 Å². The number of rotatable bonds is 6. The highest BCUT2D eigenvalue weighted by atomic mass is 19.4. The van der Waals surface area contributed by atoms with Crippen LogP contribution < -0.4 is 16.2 Å². The minimum absolute atomic E-state index is 0.127. The number of hydrogen-bond acceptors (Lipinski definition) is 5. The second kappa shape index (κ2) is 10.6. The maximum Gasteiger partial charge on any atom is 0.416 e. The van der Waals surface area contributed by atoms with Gasteiger partial charge in [0.05, 0.1) is 11.1 Å². The Morgan fingerprint density at radius 1 is 0.975 bits per heavy atom. The van der Waals surface area contributed by atoms with E-state index in [4.69, 9.17) is 0 Å². The van der Waals surface area contributed by atoms with Crippen LogP contribution in [0.4, 0.5) is 24.7 Å². The minimum atomic E-state index is -4.56. The predicted molar refractivity (Wildman–Crippen MR) is 148 cm³/mol. The van der Waals surface area contributed by atoms with E-state index in [-0.39, 0.29) is 11.1 Å². The van der Waals surface area contributed by atoms with Crippen molar-refractivity contribution < 1.29 is 18.0 Å². The Hall–Kier alpha value is -4.99. The number of carbonyl (C=O) groups is 1. The topological polar surface area (TPSA) is 88.9 Å².